The van der Waals surface area contributed by atoms with Gasteiger partial charge in [-0.05, 0) is 31.5 Å². The van der Waals surface area contributed by atoms with Crippen LogP contribution in [0.15, 0.2) is 67.1 Å². The molecule has 1 amide bonds. The van der Waals surface area contributed by atoms with Gasteiger partial charge in [0.2, 0.25) is 5.95 Å². The van der Waals surface area contributed by atoms with Crippen molar-refractivity contribution in [3.05, 3.63) is 83.9 Å². The average Bonchev–Trinajstić information content (AvgIpc) is 2.72. The van der Waals surface area contributed by atoms with Crippen molar-refractivity contribution >= 4 is 11.9 Å². The summed E-state index contributed by atoms with van der Waals surface area (Å²) in [5.41, 5.74) is 2.42. The highest BCUT2D eigenvalue weighted by Gasteiger charge is 2.15. The van der Waals surface area contributed by atoms with Gasteiger partial charge < -0.3 is 10.2 Å². The molecule has 0 atom stereocenters. The zero-order valence-electron chi connectivity index (χ0n) is 15.5. The molecular formula is C21H23N5O. The van der Waals surface area contributed by atoms with Gasteiger partial charge >= 0.3 is 0 Å². The number of carbonyl (C=O) groups excluding carboxylic acids is 1. The second-order valence-electron chi connectivity index (χ2n) is 6.48. The molecule has 6 nitrogen and oxygen atoms in total. The molecule has 0 fully saturated rings. The normalized spacial score (nSPS) is 10.6. The highest BCUT2D eigenvalue weighted by molar-refractivity contribution is 5.93. The number of carbonyl (C=O) groups is 1. The van der Waals surface area contributed by atoms with Crippen LogP contribution in [0, 0.1) is 0 Å². The monoisotopic (exact) mass is 361 g/mol. The van der Waals surface area contributed by atoms with Gasteiger partial charge in [0.1, 0.15) is 0 Å². The van der Waals surface area contributed by atoms with Crippen LogP contribution >= 0.6 is 0 Å². The zero-order chi connectivity index (χ0) is 19.1. The molecule has 0 spiro atoms. The molecule has 0 unspecified atom stereocenters. The summed E-state index contributed by atoms with van der Waals surface area (Å²) in [5, 5.41) is 2.83. The van der Waals surface area contributed by atoms with Gasteiger partial charge in [-0.25, -0.2) is 9.97 Å². The Kier molecular flexibility index (Phi) is 6.10. The van der Waals surface area contributed by atoms with E-state index in [0.717, 1.165) is 5.69 Å². The lowest BCUT2D eigenvalue weighted by Crippen LogP contribution is -2.32. The number of anilines is 1. The van der Waals surface area contributed by atoms with Gasteiger partial charge in [0.25, 0.3) is 5.91 Å². The van der Waals surface area contributed by atoms with Crippen molar-refractivity contribution in [2.24, 2.45) is 0 Å². The number of nitrogens with one attached hydrogen (secondary N) is 1. The fourth-order valence-electron chi connectivity index (χ4n) is 2.63. The lowest BCUT2D eigenvalue weighted by atomic mass is 10.2. The van der Waals surface area contributed by atoms with Crippen LogP contribution in [0.2, 0.25) is 0 Å². The molecule has 6 heteroatoms. The van der Waals surface area contributed by atoms with Crippen LogP contribution < -0.4 is 10.2 Å². The third-order valence-corrected chi connectivity index (χ3v) is 4.13. The number of hydrogen-bond donors (Lipinski definition) is 1. The molecule has 3 rings (SSSR count). The molecule has 2 aromatic heterocycles. The molecule has 1 N–H and O–H groups in total. The van der Waals surface area contributed by atoms with E-state index in [1.54, 1.807) is 18.6 Å². The first-order chi connectivity index (χ1) is 13.1. The first-order valence-corrected chi connectivity index (χ1v) is 8.94. The largest absolute Gasteiger partial charge is 0.346 e. The number of aromatic nitrogens is 3. The second kappa shape index (κ2) is 8.89. The van der Waals surface area contributed by atoms with E-state index in [-0.39, 0.29) is 11.9 Å². The summed E-state index contributed by atoms with van der Waals surface area (Å²) in [6, 6.07) is 16.0. The maximum Gasteiger partial charge on any atom is 0.254 e. The van der Waals surface area contributed by atoms with Gasteiger partial charge in [-0.1, -0.05) is 36.4 Å². The lowest BCUT2D eigenvalue weighted by Gasteiger charge is -2.26. The minimum Gasteiger partial charge on any atom is -0.346 e. The van der Waals surface area contributed by atoms with E-state index < -0.39 is 0 Å². The van der Waals surface area contributed by atoms with Crippen molar-refractivity contribution in [2.45, 2.75) is 33.0 Å². The van der Waals surface area contributed by atoms with Crippen LogP contribution in [0.3, 0.4) is 0 Å². The Morgan fingerprint density at radius 1 is 1.00 bits per heavy atom. The summed E-state index contributed by atoms with van der Waals surface area (Å²) >= 11 is 0. The van der Waals surface area contributed by atoms with Crippen LogP contribution in [-0.4, -0.2) is 26.9 Å². The summed E-state index contributed by atoms with van der Waals surface area (Å²) in [4.78, 5) is 27.4. The number of pyridine rings is 1. The quantitative estimate of drug-likeness (QED) is 0.700. The van der Waals surface area contributed by atoms with Gasteiger partial charge in [-0.15, -0.1) is 0 Å². The number of amides is 1. The summed E-state index contributed by atoms with van der Waals surface area (Å²) < 4.78 is 0. The molecule has 0 saturated heterocycles. The molecule has 0 saturated carbocycles. The molecule has 0 bridgehead atoms. The van der Waals surface area contributed by atoms with Crippen LogP contribution in [0.5, 0.6) is 0 Å². The van der Waals surface area contributed by atoms with E-state index in [1.165, 1.54) is 5.56 Å². The first kappa shape index (κ1) is 18.5. The molecular weight excluding hydrogens is 338 g/mol. The van der Waals surface area contributed by atoms with E-state index in [9.17, 15) is 4.79 Å². The summed E-state index contributed by atoms with van der Waals surface area (Å²) in [7, 11) is 0. The van der Waals surface area contributed by atoms with Crippen molar-refractivity contribution in [1.82, 2.24) is 20.3 Å². The zero-order valence-corrected chi connectivity index (χ0v) is 15.5. The summed E-state index contributed by atoms with van der Waals surface area (Å²) in [6.45, 7) is 5.27. The maximum absolute atomic E-state index is 12.3. The van der Waals surface area contributed by atoms with Gasteiger partial charge in [-0.2, -0.15) is 0 Å². The third kappa shape index (κ3) is 5.10. The highest BCUT2D eigenvalue weighted by atomic mass is 16.1. The lowest BCUT2D eigenvalue weighted by molar-refractivity contribution is 0.0949. The smallest absolute Gasteiger partial charge is 0.254 e. The van der Waals surface area contributed by atoms with E-state index in [1.807, 2.05) is 36.4 Å². The van der Waals surface area contributed by atoms with Crippen molar-refractivity contribution in [3.63, 3.8) is 0 Å². The van der Waals surface area contributed by atoms with Gasteiger partial charge in [0.05, 0.1) is 17.8 Å². The minimum absolute atomic E-state index is 0.216. The molecule has 2 heterocycles. The number of hydrogen-bond acceptors (Lipinski definition) is 5. The average molecular weight is 361 g/mol. The fraction of sp³-hybridized carbons (Fsp3) is 0.238. The first-order valence-electron chi connectivity index (χ1n) is 8.94. The van der Waals surface area contributed by atoms with Crippen molar-refractivity contribution < 1.29 is 4.79 Å². The number of benzene rings is 1. The van der Waals surface area contributed by atoms with Crippen LogP contribution in [0.25, 0.3) is 0 Å². The molecule has 0 aliphatic rings. The molecule has 0 aliphatic carbocycles. The summed E-state index contributed by atoms with van der Waals surface area (Å²) in [5.74, 6) is 0.390. The van der Waals surface area contributed by atoms with Gasteiger partial charge in [0, 0.05) is 31.2 Å². The van der Waals surface area contributed by atoms with Gasteiger partial charge in [0.15, 0.2) is 0 Å². The number of nitrogens with zero attached hydrogens (tertiary/aromatic N) is 4. The van der Waals surface area contributed by atoms with Crippen LogP contribution in [-0.2, 0) is 13.1 Å². The maximum atomic E-state index is 12.3. The Labute approximate surface area is 159 Å². The Bertz CT molecular complexity index is 851. The van der Waals surface area contributed by atoms with E-state index in [4.69, 9.17) is 0 Å². The highest BCUT2D eigenvalue weighted by Crippen LogP contribution is 2.15. The predicted molar refractivity (Wildman–Crippen MR) is 105 cm³/mol. The van der Waals surface area contributed by atoms with Crippen LogP contribution in [0.4, 0.5) is 5.95 Å². The number of rotatable bonds is 7. The Morgan fingerprint density at radius 2 is 1.70 bits per heavy atom. The topological polar surface area (TPSA) is 71.0 Å². The Morgan fingerprint density at radius 3 is 2.33 bits per heavy atom. The van der Waals surface area contributed by atoms with Crippen molar-refractivity contribution in [1.29, 1.82) is 0 Å². The van der Waals surface area contributed by atoms with E-state index in [0.29, 0.717) is 24.6 Å². The second-order valence-corrected chi connectivity index (χ2v) is 6.48. The van der Waals surface area contributed by atoms with E-state index >= 15 is 0 Å². The molecule has 0 radical (unpaired) electrons. The predicted octanol–water partition coefficient (Wildman–Crippen LogP) is 3.22. The van der Waals surface area contributed by atoms with E-state index in [2.05, 4.69) is 51.1 Å². The SMILES string of the molecule is CC(C)N(Cc1ccccc1)c1ncc(C(=O)NCc2ccccn2)cn1. The molecule has 27 heavy (non-hydrogen) atoms. The molecule has 3 aromatic rings. The molecule has 0 aliphatic heterocycles. The molecule has 1 aromatic carbocycles. The standard InChI is InChI=1S/C21H23N5O/c1-16(2)26(15-17-8-4-3-5-9-17)21-24-12-18(13-25-21)20(27)23-14-19-10-6-7-11-22-19/h3-13,16H,14-15H2,1-2H3,(H,23,27). The van der Waals surface area contributed by atoms with Gasteiger partial charge in [-0.3, -0.25) is 9.78 Å². The van der Waals surface area contributed by atoms with Crippen molar-refractivity contribution in [3.8, 4) is 0 Å². The Balaban J connectivity index is 1.66. The Hall–Kier alpha value is -3.28. The molecule has 138 valence electrons. The minimum atomic E-state index is -0.216. The van der Waals surface area contributed by atoms with Crippen molar-refractivity contribution in [2.75, 3.05) is 4.90 Å². The summed E-state index contributed by atoms with van der Waals surface area (Å²) in [6.07, 6.45) is 4.83. The third-order valence-electron chi connectivity index (χ3n) is 4.13. The van der Waals surface area contributed by atoms with Crippen LogP contribution in [0.1, 0.15) is 35.5 Å². The fourth-order valence-corrected chi connectivity index (χ4v) is 2.63.